The van der Waals surface area contributed by atoms with Crippen molar-refractivity contribution in [1.29, 1.82) is 0 Å². The lowest BCUT2D eigenvalue weighted by atomic mass is 9.97. The van der Waals surface area contributed by atoms with Gasteiger partial charge in [-0.1, -0.05) is 6.92 Å². The van der Waals surface area contributed by atoms with Crippen LogP contribution in [0.25, 0.3) is 0 Å². The molecular weight excluding hydrogens is 202 g/mol. The Morgan fingerprint density at radius 3 is 2.21 bits per heavy atom. The van der Waals surface area contributed by atoms with E-state index in [4.69, 9.17) is 5.11 Å². The van der Waals surface area contributed by atoms with Crippen molar-refractivity contribution in [2.45, 2.75) is 38.1 Å². The van der Waals surface area contributed by atoms with Gasteiger partial charge in [0.2, 0.25) is 0 Å². The molecule has 2 aliphatic rings. The molecule has 1 aliphatic carbocycles. The summed E-state index contributed by atoms with van der Waals surface area (Å²) in [5, 5.41) is 9.08. The lowest BCUT2D eigenvalue weighted by molar-refractivity contribution is -0.145. The van der Waals surface area contributed by atoms with Crippen LogP contribution in [0.1, 0.15) is 32.6 Å². The highest BCUT2D eigenvalue weighted by molar-refractivity contribution is 5.85. The van der Waals surface area contributed by atoms with Crippen LogP contribution in [0.15, 0.2) is 0 Å². The fraction of sp³-hybridized carbons (Fsp3) is 0.900. The third-order valence-electron chi connectivity index (χ3n) is 3.51. The van der Waals surface area contributed by atoms with E-state index in [1.165, 1.54) is 0 Å². The van der Waals surface area contributed by atoms with Gasteiger partial charge in [0.1, 0.15) is 5.54 Å². The van der Waals surface area contributed by atoms with Crippen LogP contribution in [0.2, 0.25) is 0 Å². The molecule has 0 aromatic heterocycles. The van der Waals surface area contributed by atoms with Crippen LogP contribution in [-0.2, 0) is 4.79 Å². The van der Waals surface area contributed by atoms with Gasteiger partial charge in [-0.2, -0.15) is 0 Å². The lowest BCUT2D eigenvalue weighted by Crippen LogP contribution is -2.47. The molecule has 2 fully saturated rings. The Kier molecular flexibility index (Phi) is 3.43. The largest absolute Gasteiger partial charge is 0.480 e. The number of hydrogen-bond donors (Lipinski definition) is 1. The van der Waals surface area contributed by atoms with Crippen molar-refractivity contribution >= 4 is 18.4 Å². The molecule has 1 saturated heterocycles. The normalized spacial score (nSPS) is 26.6. The number of carboxylic acids is 1. The van der Waals surface area contributed by atoms with E-state index in [0.29, 0.717) is 0 Å². The predicted octanol–water partition coefficient (Wildman–Crippen LogP) is 1.76. The second kappa shape index (κ2) is 4.07. The van der Waals surface area contributed by atoms with E-state index in [2.05, 4.69) is 11.8 Å². The van der Waals surface area contributed by atoms with Crippen LogP contribution in [-0.4, -0.2) is 34.6 Å². The Labute approximate surface area is 90.9 Å². The quantitative estimate of drug-likeness (QED) is 0.770. The van der Waals surface area contributed by atoms with Crippen molar-refractivity contribution in [2.75, 3.05) is 13.1 Å². The summed E-state index contributed by atoms with van der Waals surface area (Å²) in [4.78, 5) is 13.2. The van der Waals surface area contributed by atoms with Crippen LogP contribution in [0.3, 0.4) is 0 Å². The zero-order chi connectivity index (χ0) is 9.47. The number of halogens is 1. The number of piperidine rings is 1. The average molecular weight is 220 g/mol. The third-order valence-corrected chi connectivity index (χ3v) is 3.51. The number of aliphatic carboxylic acids is 1. The summed E-state index contributed by atoms with van der Waals surface area (Å²) in [6.07, 6.45) is 4.04. The zero-order valence-corrected chi connectivity index (χ0v) is 9.35. The zero-order valence-electron chi connectivity index (χ0n) is 8.53. The molecule has 0 spiro atoms. The number of carbonyl (C=O) groups is 1. The average Bonchev–Trinajstić information content (AvgIpc) is 2.86. The van der Waals surface area contributed by atoms with Crippen molar-refractivity contribution in [2.24, 2.45) is 5.92 Å². The summed E-state index contributed by atoms with van der Waals surface area (Å²) in [5.74, 6) is 0.169. The van der Waals surface area contributed by atoms with Crippen LogP contribution < -0.4 is 0 Å². The molecule has 3 nitrogen and oxygen atoms in total. The van der Waals surface area contributed by atoms with Crippen LogP contribution in [0.4, 0.5) is 0 Å². The Morgan fingerprint density at radius 2 is 1.86 bits per heavy atom. The number of nitrogens with zero attached hydrogens (tertiary/aromatic N) is 1. The second-order valence-electron chi connectivity index (χ2n) is 4.51. The molecule has 1 N–H and O–H groups in total. The molecular formula is C10H18ClNO2. The Balaban J connectivity index is 0.000000980. The highest BCUT2D eigenvalue weighted by atomic mass is 35.5. The second-order valence-corrected chi connectivity index (χ2v) is 4.51. The van der Waals surface area contributed by atoms with Crippen LogP contribution >= 0.6 is 12.4 Å². The molecule has 2 rings (SSSR count). The molecule has 14 heavy (non-hydrogen) atoms. The lowest BCUT2D eigenvalue weighted by Gasteiger charge is -2.34. The van der Waals surface area contributed by atoms with Crippen molar-refractivity contribution in [3.63, 3.8) is 0 Å². The van der Waals surface area contributed by atoms with Crippen LogP contribution in [0.5, 0.6) is 0 Å². The molecule has 0 bridgehead atoms. The first kappa shape index (κ1) is 11.8. The molecule has 0 aromatic carbocycles. The van der Waals surface area contributed by atoms with Crippen molar-refractivity contribution < 1.29 is 9.90 Å². The van der Waals surface area contributed by atoms with Gasteiger partial charge in [-0.3, -0.25) is 9.69 Å². The fourth-order valence-corrected chi connectivity index (χ4v) is 2.22. The first-order chi connectivity index (χ1) is 6.15. The van der Waals surface area contributed by atoms with Gasteiger partial charge in [0.25, 0.3) is 0 Å². The number of carboxylic acid groups (broad SMARTS) is 1. The molecule has 82 valence electrons. The van der Waals surface area contributed by atoms with Gasteiger partial charge in [0.05, 0.1) is 0 Å². The summed E-state index contributed by atoms with van der Waals surface area (Å²) < 4.78 is 0. The molecule has 4 heteroatoms. The van der Waals surface area contributed by atoms with E-state index in [-0.39, 0.29) is 12.4 Å². The molecule has 0 unspecified atom stereocenters. The monoisotopic (exact) mass is 219 g/mol. The van der Waals surface area contributed by atoms with Gasteiger partial charge in [0.15, 0.2) is 0 Å². The first-order valence-electron chi connectivity index (χ1n) is 5.13. The maximum atomic E-state index is 11.0. The molecule has 0 amide bonds. The van der Waals surface area contributed by atoms with E-state index < -0.39 is 11.5 Å². The number of hydrogen-bond acceptors (Lipinski definition) is 2. The molecule has 0 aromatic rings. The highest BCUT2D eigenvalue weighted by Gasteiger charge is 2.55. The van der Waals surface area contributed by atoms with Crippen molar-refractivity contribution in [1.82, 2.24) is 4.90 Å². The molecule has 1 heterocycles. The SMILES string of the molecule is CC1CCN(C2(C(=O)O)CC2)CC1.Cl. The van der Waals surface area contributed by atoms with Crippen molar-refractivity contribution in [3.05, 3.63) is 0 Å². The van der Waals surface area contributed by atoms with Gasteiger partial charge < -0.3 is 5.11 Å². The van der Waals surface area contributed by atoms with Gasteiger partial charge in [0, 0.05) is 0 Å². The molecule has 0 atom stereocenters. The standard InChI is InChI=1S/C10H17NO2.ClH/c1-8-2-6-11(7-3-8)10(4-5-10)9(12)13;/h8H,2-7H2,1H3,(H,12,13);1H. The number of rotatable bonds is 2. The summed E-state index contributed by atoms with van der Waals surface area (Å²) >= 11 is 0. The topological polar surface area (TPSA) is 40.5 Å². The Hall–Kier alpha value is -0.280. The molecule has 1 saturated carbocycles. The van der Waals surface area contributed by atoms with E-state index in [9.17, 15) is 4.79 Å². The Bertz CT molecular complexity index is 220. The maximum absolute atomic E-state index is 11.0. The van der Waals surface area contributed by atoms with Gasteiger partial charge in [-0.25, -0.2) is 0 Å². The smallest absolute Gasteiger partial charge is 0.324 e. The molecule has 0 radical (unpaired) electrons. The summed E-state index contributed by atoms with van der Waals surface area (Å²) in [5.41, 5.74) is -0.444. The predicted molar refractivity (Wildman–Crippen MR) is 56.8 cm³/mol. The summed E-state index contributed by atoms with van der Waals surface area (Å²) in [6, 6.07) is 0. The van der Waals surface area contributed by atoms with E-state index in [1.54, 1.807) is 0 Å². The summed E-state index contributed by atoms with van der Waals surface area (Å²) in [7, 11) is 0. The fourth-order valence-electron chi connectivity index (χ4n) is 2.22. The minimum Gasteiger partial charge on any atom is -0.480 e. The van der Waals surface area contributed by atoms with E-state index >= 15 is 0 Å². The van der Waals surface area contributed by atoms with Crippen molar-refractivity contribution in [3.8, 4) is 0 Å². The third kappa shape index (κ3) is 1.89. The van der Waals surface area contributed by atoms with Gasteiger partial charge in [-0.05, 0) is 44.7 Å². The Morgan fingerprint density at radius 1 is 1.36 bits per heavy atom. The summed E-state index contributed by atoms with van der Waals surface area (Å²) in [6.45, 7) is 4.21. The van der Waals surface area contributed by atoms with E-state index in [1.807, 2.05) is 0 Å². The highest BCUT2D eigenvalue weighted by Crippen LogP contribution is 2.43. The van der Waals surface area contributed by atoms with Gasteiger partial charge in [-0.15, -0.1) is 12.4 Å². The molecule has 1 aliphatic heterocycles. The first-order valence-corrected chi connectivity index (χ1v) is 5.13. The minimum atomic E-state index is -0.609. The van der Waals surface area contributed by atoms with Gasteiger partial charge >= 0.3 is 5.97 Å². The van der Waals surface area contributed by atoms with Crippen LogP contribution in [0, 0.1) is 5.92 Å². The maximum Gasteiger partial charge on any atom is 0.324 e. The number of likely N-dealkylation sites (tertiary alicyclic amines) is 1. The minimum absolute atomic E-state index is 0. The van der Waals surface area contributed by atoms with E-state index in [0.717, 1.165) is 44.7 Å².